The quantitative estimate of drug-likeness (QED) is 0.219. The van der Waals surface area contributed by atoms with Gasteiger partial charge in [0.25, 0.3) is 0 Å². The van der Waals surface area contributed by atoms with Gasteiger partial charge in [0.05, 0.1) is 6.10 Å². The van der Waals surface area contributed by atoms with Crippen LogP contribution < -0.4 is 5.32 Å². The molecule has 10 heteroatoms. The molecular weight excluding hydrogens is 614 g/mol. The lowest BCUT2D eigenvalue weighted by atomic mass is 9.46. The summed E-state index contributed by atoms with van der Waals surface area (Å²) in [6.07, 6.45) is 7.77. The highest BCUT2D eigenvalue weighted by molar-refractivity contribution is 6.02. The zero-order valence-electron chi connectivity index (χ0n) is 27.7. The number of fused-ring (bicyclic) bond motifs is 5. The molecule has 0 radical (unpaired) electrons. The average Bonchev–Trinajstić information content (AvgIpc) is 3.31. The highest BCUT2D eigenvalue weighted by atomic mass is 16.3. The number of phenols is 3. The summed E-state index contributed by atoms with van der Waals surface area (Å²) in [5, 5.41) is 61.9. The Morgan fingerprint density at radius 1 is 1.00 bits per heavy atom. The molecule has 8 atom stereocenters. The molecule has 48 heavy (non-hydrogen) atoms. The van der Waals surface area contributed by atoms with E-state index in [0.717, 1.165) is 30.4 Å². The number of aromatic hydroxyl groups is 3. The van der Waals surface area contributed by atoms with Gasteiger partial charge >= 0.3 is 0 Å². The topological polar surface area (TPSA) is 185 Å². The Kier molecular flexibility index (Phi) is 10.0. The molecule has 3 fully saturated rings. The SMILES string of the molecule is CC(Cc1ccc(O)cc1)NCC(O)c1cc(O)cc(O)c1.C[C@]12C=CC(=O)C=C1CC[C@@H]1[C@@H]2C(=O)C[C@@]2(C)[C@H]1CC[C@]2(O)C(=O)CO. The van der Waals surface area contributed by atoms with Crippen LogP contribution in [0, 0.1) is 28.6 Å². The van der Waals surface area contributed by atoms with E-state index in [0.29, 0.717) is 24.9 Å². The van der Waals surface area contributed by atoms with E-state index in [2.05, 4.69) is 5.32 Å². The van der Waals surface area contributed by atoms with Crippen molar-refractivity contribution in [2.45, 2.75) is 77.0 Å². The van der Waals surface area contributed by atoms with Gasteiger partial charge in [-0.2, -0.15) is 0 Å². The lowest BCUT2D eigenvalue weighted by molar-refractivity contribution is -0.168. The Balaban J connectivity index is 0.000000191. The molecular formula is C38H47NO9. The fourth-order valence-electron chi connectivity index (χ4n) is 8.92. The monoisotopic (exact) mass is 661 g/mol. The summed E-state index contributed by atoms with van der Waals surface area (Å²) >= 11 is 0. The number of carbonyl (C=O) groups is 3. The molecule has 2 aromatic rings. The zero-order valence-corrected chi connectivity index (χ0v) is 27.7. The second kappa shape index (κ2) is 13.6. The average molecular weight is 662 g/mol. The van der Waals surface area contributed by atoms with Gasteiger partial charge in [-0.3, -0.25) is 14.4 Å². The molecule has 3 saturated carbocycles. The third-order valence-electron chi connectivity index (χ3n) is 11.5. The van der Waals surface area contributed by atoms with Gasteiger partial charge in [-0.15, -0.1) is 0 Å². The van der Waals surface area contributed by atoms with Crippen molar-refractivity contribution >= 4 is 17.3 Å². The first-order valence-corrected chi connectivity index (χ1v) is 16.7. The number of allylic oxidation sites excluding steroid dienone is 4. The molecule has 4 aliphatic rings. The highest BCUT2D eigenvalue weighted by Crippen LogP contribution is 2.66. The van der Waals surface area contributed by atoms with Crippen molar-refractivity contribution in [1.82, 2.24) is 5.32 Å². The van der Waals surface area contributed by atoms with Crippen LogP contribution in [0.1, 0.15) is 70.1 Å². The second-order valence-corrected chi connectivity index (χ2v) is 14.5. The number of Topliss-reactive ketones (excluding diaryl/α,β-unsaturated/α-hetero) is 2. The fraction of sp³-hybridized carbons (Fsp3) is 0.500. The first kappa shape index (κ1) is 35.5. The van der Waals surface area contributed by atoms with Crippen LogP contribution in [-0.2, 0) is 20.8 Å². The normalized spacial score (nSPS) is 31.8. The van der Waals surface area contributed by atoms with Crippen molar-refractivity contribution in [3.05, 3.63) is 77.4 Å². The van der Waals surface area contributed by atoms with Gasteiger partial charge in [-0.1, -0.05) is 37.6 Å². The third-order valence-corrected chi connectivity index (χ3v) is 11.5. The van der Waals surface area contributed by atoms with E-state index in [4.69, 9.17) is 0 Å². The molecule has 0 spiro atoms. The Hall–Kier alpha value is -3.83. The molecule has 7 N–H and O–H groups in total. The number of aliphatic hydroxyl groups is 3. The second-order valence-electron chi connectivity index (χ2n) is 14.5. The van der Waals surface area contributed by atoms with Crippen molar-refractivity contribution in [3.63, 3.8) is 0 Å². The van der Waals surface area contributed by atoms with Gasteiger partial charge in [-0.25, -0.2) is 0 Å². The van der Waals surface area contributed by atoms with Crippen LogP contribution in [0.4, 0.5) is 0 Å². The summed E-state index contributed by atoms with van der Waals surface area (Å²) in [4.78, 5) is 37.4. The summed E-state index contributed by atoms with van der Waals surface area (Å²) in [5.41, 5.74) is -0.317. The van der Waals surface area contributed by atoms with Crippen LogP contribution in [0.2, 0.25) is 0 Å². The van der Waals surface area contributed by atoms with Gasteiger partial charge in [0, 0.05) is 41.8 Å². The predicted octanol–water partition coefficient (Wildman–Crippen LogP) is 3.82. The molecule has 0 aliphatic heterocycles. The van der Waals surface area contributed by atoms with Gasteiger partial charge in [-0.05, 0) is 98.4 Å². The van der Waals surface area contributed by atoms with Crippen molar-refractivity contribution in [2.24, 2.45) is 28.6 Å². The largest absolute Gasteiger partial charge is 0.508 e. The highest BCUT2D eigenvalue weighted by Gasteiger charge is 2.68. The molecule has 0 aromatic heterocycles. The van der Waals surface area contributed by atoms with Crippen molar-refractivity contribution < 1.29 is 45.0 Å². The Morgan fingerprint density at radius 2 is 1.67 bits per heavy atom. The van der Waals surface area contributed by atoms with E-state index >= 15 is 0 Å². The summed E-state index contributed by atoms with van der Waals surface area (Å²) in [5.74, 6) is -0.506. The van der Waals surface area contributed by atoms with Crippen LogP contribution >= 0.6 is 0 Å². The van der Waals surface area contributed by atoms with Gasteiger partial charge < -0.3 is 36.0 Å². The number of phenolic OH excluding ortho intramolecular Hbond substituents is 3. The van der Waals surface area contributed by atoms with Crippen LogP contribution in [0.3, 0.4) is 0 Å². The summed E-state index contributed by atoms with van der Waals surface area (Å²) < 4.78 is 0. The molecule has 2 unspecified atom stereocenters. The maximum Gasteiger partial charge on any atom is 0.190 e. The van der Waals surface area contributed by atoms with Gasteiger partial charge in [0.2, 0.25) is 0 Å². The van der Waals surface area contributed by atoms with Crippen molar-refractivity contribution in [2.75, 3.05) is 13.2 Å². The molecule has 4 aliphatic carbocycles. The van der Waals surface area contributed by atoms with Crippen LogP contribution in [0.5, 0.6) is 17.2 Å². The minimum atomic E-state index is -1.62. The van der Waals surface area contributed by atoms with Gasteiger partial charge in [0.15, 0.2) is 11.6 Å². The lowest BCUT2D eigenvalue weighted by Crippen LogP contribution is -2.60. The number of nitrogens with one attached hydrogen (secondary N) is 1. The number of aliphatic hydroxyl groups excluding tert-OH is 2. The Bertz CT molecular complexity index is 1600. The predicted molar refractivity (Wildman–Crippen MR) is 178 cm³/mol. The summed E-state index contributed by atoms with van der Waals surface area (Å²) in [7, 11) is 0. The lowest BCUT2D eigenvalue weighted by Gasteiger charge is -2.56. The smallest absolute Gasteiger partial charge is 0.190 e. The first-order chi connectivity index (χ1) is 22.6. The first-order valence-electron chi connectivity index (χ1n) is 16.7. The number of carbonyl (C=O) groups excluding carboxylic acids is 3. The van der Waals surface area contributed by atoms with E-state index < -0.39 is 34.9 Å². The van der Waals surface area contributed by atoms with E-state index in [1.807, 2.05) is 39.0 Å². The number of hydrogen-bond donors (Lipinski definition) is 7. The standard InChI is InChI=1S/C21H26O5.C17H21NO4/c1-19-7-5-13(23)9-12(19)3-4-14-15-6-8-21(26,17(25)11-22)20(15,2)10-16(24)18(14)19;1-11(6-12-2-4-14(19)5-3-12)18-10-17(22)13-7-15(20)9-16(21)8-13/h5,7,9,14-15,18,22,26H,3-4,6,8,10-11H2,1-2H3;2-5,7-9,11,17-22H,6,10H2,1H3/t14-,15-,18+,19-,20-,21-;/m0./s1. The van der Waals surface area contributed by atoms with E-state index in [9.17, 15) is 45.0 Å². The van der Waals surface area contributed by atoms with Crippen LogP contribution in [0.25, 0.3) is 0 Å². The van der Waals surface area contributed by atoms with E-state index in [-0.39, 0.29) is 59.0 Å². The maximum atomic E-state index is 13.3. The number of ketones is 3. The Morgan fingerprint density at radius 3 is 2.31 bits per heavy atom. The van der Waals surface area contributed by atoms with Crippen molar-refractivity contribution in [1.29, 1.82) is 0 Å². The minimum absolute atomic E-state index is 0.0206. The molecule has 6 rings (SSSR count). The van der Waals surface area contributed by atoms with E-state index in [1.165, 1.54) is 18.2 Å². The Labute approximate surface area is 280 Å². The third kappa shape index (κ3) is 6.59. The van der Waals surface area contributed by atoms with Gasteiger partial charge in [0.1, 0.15) is 35.2 Å². The number of rotatable bonds is 8. The molecule has 0 heterocycles. The summed E-state index contributed by atoms with van der Waals surface area (Å²) in [6.45, 7) is 5.50. The van der Waals surface area contributed by atoms with E-state index in [1.54, 1.807) is 24.3 Å². The van der Waals surface area contributed by atoms with Crippen LogP contribution in [0.15, 0.2) is 66.3 Å². The minimum Gasteiger partial charge on any atom is -0.508 e. The molecule has 2 aromatic carbocycles. The summed E-state index contributed by atoms with van der Waals surface area (Å²) in [6, 6.07) is 11.2. The molecule has 258 valence electrons. The number of hydrogen-bond acceptors (Lipinski definition) is 10. The zero-order chi connectivity index (χ0) is 35.0. The number of benzene rings is 2. The van der Waals surface area contributed by atoms with Crippen molar-refractivity contribution in [3.8, 4) is 17.2 Å². The van der Waals surface area contributed by atoms with Crippen LogP contribution in [-0.4, -0.2) is 72.8 Å². The molecule has 0 amide bonds. The molecule has 10 nitrogen and oxygen atoms in total. The molecule has 0 saturated heterocycles. The fourth-order valence-corrected chi connectivity index (χ4v) is 8.92. The maximum absolute atomic E-state index is 13.3. The molecule has 0 bridgehead atoms.